The summed E-state index contributed by atoms with van der Waals surface area (Å²) in [6.45, 7) is 2.81. The summed E-state index contributed by atoms with van der Waals surface area (Å²) >= 11 is 0. The van der Waals surface area contributed by atoms with E-state index in [2.05, 4.69) is 41.4 Å². The lowest BCUT2D eigenvalue weighted by Gasteiger charge is -2.35. The maximum absolute atomic E-state index is 13.8. The molecule has 2 aromatic heterocycles. The highest BCUT2D eigenvalue weighted by Crippen LogP contribution is 2.60. The van der Waals surface area contributed by atoms with Gasteiger partial charge in [-0.3, -0.25) is 4.68 Å². The molecule has 0 bridgehead atoms. The molecule has 3 heterocycles. The molecule has 10 heteroatoms. The number of halogens is 1. The molecular weight excluding hydrogens is 553 g/mol. The molecule has 0 N–H and O–H groups in total. The Bertz CT molecular complexity index is 1900. The van der Waals surface area contributed by atoms with Crippen LogP contribution in [-0.4, -0.2) is 52.5 Å². The van der Waals surface area contributed by atoms with Crippen LogP contribution >= 0.6 is 0 Å². The molecule has 0 amide bonds. The standard InChI is InChI=1S/C32H32FN5O3S/c1-22-13-30-23(16-35-38(30)27-11-9-26(33)10-12-27)14-29(22)31-20-32(41-3,24-7-5-4-6-8-24)15-25(31)18-37(21-31)42(39,40)28-17-34-36(2)19-28/h4-14,16-17,19,25H,15,18,20-21H2,1-3H3/t25-,31?,32-/m1/s1. The Kier molecular flexibility index (Phi) is 6.16. The van der Waals surface area contributed by atoms with Crippen molar-refractivity contribution in [3.8, 4) is 5.69 Å². The lowest BCUT2D eigenvalue weighted by Crippen LogP contribution is -2.38. The van der Waals surface area contributed by atoms with Crippen LogP contribution in [-0.2, 0) is 32.8 Å². The molecule has 2 aliphatic rings. The van der Waals surface area contributed by atoms with Crippen LogP contribution in [0.1, 0.15) is 29.5 Å². The smallest absolute Gasteiger partial charge is 0.246 e. The molecule has 1 aliphatic carbocycles. The average Bonchev–Trinajstić information content (AvgIpc) is 3.75. The number of fused-ring (bicyclic) bond motifs is 2. The summed E-state index contributed by atoms with van der Waals surface area (Å²) in [6, 6.07) is 20.8. The Morgan fingerprint density at radius 1 is 1.02 bits per heavy atom. The first-order chi connectivity index (χ1) is 20.1. The Hall–Kier alpha value is -3.86. The zero-order chi connectivity index (χ0) is 29.3. The van der Waals surface area contributed by atoms with Gasteiger partial charge in [0.25, 0.3) is 0 Å². The van der Waals surface area contributed by atoms with Crippen molar-refractivity contribution in [2.24, 2.45) is 13.0 Å². The van der Waals surface area contributed by atoms with Crippen molar-refractivity contribution < 1.29 is 17.5 Å². The van der Waals surface area contributed by atoms with Crippen LogP contribution in [0.4, 0.5) is 4.39 Å². The van der Waals surface area contributed by atoms with Gasteiger partial charge in [0, 0.05) is 44.2 Å². The SMILES string of the molecule is CO[C@]1(c2ccccc2)C[C@@H]2CN(S(=O)(=O)c3cnn(C)c3)CC2(c2cc3cnn(-c4ccc(F)cc4)c3cc2C)C1. The summed E-state index contributed by atoms with van der Waals surface area (Å²) in [5, 5.41) is 9.69. The molecule has 0 spiro atoms. The zero-order valence-corrected chi connectivity index (χ0v) is 24.6. The van der Waals surface area contributed by atoms with Gasteiger partial charge in [0.05, 0.1) is 29.2 Å². The number of aromatic nitrogens is 4. The average molecular weight is 586 g/mol. The minimum Gasteiger partial charge on any atom is -0.373 e. The molecule has 1 saturated carbocycles. The Morgan fingerprint density at radius 2 is 1.79 bits per heavy atom. The molecule has 216 valence electrons. The fraction of sp³-hybridized carbons (Fsp3) is 0.312. The fourth-order valence-electron chi connectivity index (χ4n) is 7.37. The predicted molar refractivity (Wildman–Crippen MR) is 157 cm³/mol. The summed E-state index contributed by atoms with van der Waals surface area (Å²) in [5.74, 6) is -0.278. The molecule has 2 fully saturated rings. The van der Waals surface area contributed by atoms with Gasteiger partial charge in [-0.25, -0.2) is 17.5 Å². The van der Waals surface area contributed by atoms with Crippen molar-refractivity contribution in [1.82, 2.24) is 23.9 Å². The normalized spacial score (nSPS) is 24.4. The number of hydrogen-bond donors (Lipinski definition) is 0. The summed E-state index contributed by atoms with van der Waals surface area (Å²) in [6.07, 6.45) is 6.13. The molecule has 0 radical (unpaired) electrons. The number of hydrogen-bond acceptors (Lipinski definition) is 5. The van der Waals surface area contributed by atoms with Crippen LogP contribution in [0.5, 0.6) is 0 Å². The van der Waals surface area contributed by atoms with Crippen molar-refractivity contribution in [3.05, 3.63) is 108 Å². The van der Waals surface area contributed by atoms with Gasteiger partial charge in [-0.2, -0.15) is 14.5 Å². The van der Waals surface area contributed by atoms with Crippen LogP contribution < -0.4 is 0 Å². The van der Waals surface area contributed by atoms with E-state index >= 15 is 0 Å². The fourth-order valence-corrected chi connectivity index (χ4v) is 8.91. The highest BCUT2D eigenvalue weighted by molar-refractivity contribution is 7.89. The largest absolute Gasteiger partial charge is 0.373 e. The third-order valence-electron chi connectivity index (χ3n) is 9.37. The summed E-state index contributed by atoms with van der Waals surface area (Å²) < 4.78 is 52.6. The first-order valence-electron chi connectivity index (χ1n) is 14.0. The number of rotatable bonds is 6. The number of ether oxygens (including phenoxy) is 1. The monoisotopic (exact) mass is 585 g/mol. The van der Waals surface area contributed by atoms with E-state index in [0.29, 0.717) is 25.9 Å². The van der Waals surface area contributed by atoms with E-state index in [4.69, 9.17) is 4.74 Å². The topological polar surface area (TPSA) is 82.2 Å². The molecule has 7 rings (SSSR count). The van der Waals surface area contributed by atoms with Crippen molar-refractivity contribution >= 4 is 20.9 Å². The van der Waals surface area contributed by atoms with Gasteiger partial charge in [-0.15, -0.1) is 0 Å². The van der Waals surface area contributed by atoms with Gasteiger partial charge >= 0.3 is 0 Å². The van der Waals surface area contributed by atoms with Crippen molar-refractivity contribution in [3.63, 3.8) is 0 Å². The van der Waals surface area contributed by atoms with E-state index in [9.17, 15) is 12.8 Å². The molecule has 1 unspecified atom stereocenters. The molecular formula is C32H32FN5O3S. The number of sulfonamides is 1. The van der Waals surface area contributed by atoms with E-state index < -0.39 is 21.0 Å². The highest BCUT2D eigenvalue weighted by Gasteiger charge is 2.62. The molecule has 8 nitrogen and oxygen atoms in total. The van der Waals surface area contributed by atoms with Gasteiger partial charge in [0.1, 0.15) is 10.7 Å². The van der Waals surface area contributed by atoms with Gasteiger partial charge in [0.2, 0.25) is 10.0 Å². The maximum atomic E-state index is 13.8. The van der Waals surface area contributed by atoms with Gasteiger partial charge in [-0.05, 0) is 78.8 Å². The second-order valence-electron chi connectivity index (χ2n) is 11.7. The maximum Gasteiger partial charge on any atom is 0.246 e. The van der Waals surface area contributed by atoms with Crippen LogP contribution in [0.2, 0.25) is 0 Å². The Labute approximate surface area is 244 Å². The molecule has 1 aliphatic heterocycles. The van der Waals surface area contributed by atoms with Gasteiger partial charge in [0.15, 0.2) is 0 Å². The van der Waals surface area contributed by atoms with Crippen LogP contribution in [0.3, 0.4) is 0 Å². The van der Waals surface area contributed by atoms with Crippen molar-refractivity contribution in [1.29, 1.82) is 0 Å². The van der Waals surface area contributed by atoms with E-state index in [1.807, 2.05) is 29.1 Å². The first kappa shape index (κ1) is 27.0. The third-order valence-corrected chi connectivity index (χ3v) is 11.1. The van der Waals surface area contributed by atoms with Crippen LogP contribution in [0, 0.1) is 18.7 Å². The van der Waals surface area contributed by atoms with E-state index in [-0.39, 0.29) is 16.6 Å². The predicted octanol–water partition coefficient (Wildman–Crippen LogP) is 5.10. The molecule has 42 heavy (non-hydrogen) atoms. The van der Waals surface area contributed by atoms with Gasteiger partial charge in [-0.1, -0.05) is 30.3 Å². The van der Waals surface area contributed by atoms with Crippen molar-refractivity contribution in [2.75, 3.05) is 20.2 Å². The lowest BCUT2D eigenvalue weighted by atomic mass is 9.72. The summed E-state index contributed by atoms with van der Waals surface area (Å²) in [4.78, 5) is 0.203. The molecule has 1 saturated heterocycles. The van der Waals surface area contributed by atoms with Crippen LogP contribution in [0.25, 0.3) is 16.6 Å². The number of nitrogens with zero attached hydrogens (tertiary/aromatic N) is 5. The lowest BCUT2D eigenvalue weighted by molar-refractivity contribution is -0.0183. The van der Waals surface area contributed by atoms with Gasteiger partial charge < -0.3 is 4.74 Å². The molecule has 5 aromatic rings. The second kappa shape index (κ2) is 9.58. The number of aryl methyl sites for hydroxylation is 2. The summed E-state index contributed by atoms with van der Waals surface area (Å²) in [7, 11) is -0.266. The molecule has 3 aromatic carbocycles. The molecule has 3 atom stereocenters. The minimum absolute atomic E-state index is 0.0207. The quantitative estimate of drug-likeness (QED) is 0.277. The van der Waals surface area contributed by atoms with Crippen LogP contribution in [0.15, 0.2) is 90.2 Å². The Balaban J connectivity index is 1.36. The van der Waals surface area contributed by atoms with E-state index in [1.54, 1.807) is 36.8 Å². The third kappa shape index (κ3) is 4.04. The van der Waals surface area contributed by atoms with E-state index in [0.717, 1.165) is 33.3 Å². The minimum atomic E-state index is -3.74. The number of benzene rings is 3. The Morgan fingerprint density at radius 3 is 2.48 bits per heavy atom. The van der Waals surface area contributed by atoms with Crippen molar-refractivity contribution in [2.45, 2.75) is 35.7 Å². The first-order valence-corrected chi connectivity index (χ1v) is 15.4. The zero-order valence-electron chi connectivity index (χ0n) is 23.7. The number of methoxy groups -OCH3 is 1. The highest BCUT2D eigenvalue weighted by atomic mass is 32.2. The second-order valence-corrected chi connectivity index (χ2v) is 13.6. The van der Waals surface area contributed by atoms with E-state index in [1.165, 1.54) is 23.0 Å². The summed E-state index contributed by atoms with van der Waals surface area (Å²) in [5.41, 5.74) is 3.91.